The number of thioether (sulfide) groups is 1. The first-order valence-electron chi connectivity index (χ1n) is 6.05. The zero-order chi connectivity index (χ0) is 12.0. The molecule has 2 atom stereocenters. The van der Waals surface area contributed by atoms with Gasteiger partial charge in [0, 0.05) is 11.8 Å². The summed E-state index contributed by atoms with van der Waals surface area (Å²) in [5, 5.41) is 0.453. The number of aryl methyl sites for hydroxylation is 1. The molecule has 1 aromatic carbocycles. The summed E-state index contributed by atoms with van der Waals surface area (Å²) in [6.45, 7) is 7.39. The molecular formula is C14H23NS. The molecule has 0 heterocycles. The number of rotatable bonds is 6. The molecule has 1 nitrogen and oxygen atoms in total. The van der Waals surface area contributed by atoms with Crippen molar-refractivity contribution in [1.29, 1.82) is 0 Å². The van der Waals surface area contributed by atoms with E-state index in [1.807, 2.05) is 11.8 Å². The lowest BCUT2D eigenvalue weighted by atomic mass is 10.1. The fraction of sp³-hybridized carbons (Fsp3) is 0.571. The van der Waals surface area contributed by atoms with Gasteiger partial charge in [0.1, 0.15) is 0 Å². The van der Waals surface area contributed by atoms with Crippen LogP contribution >= 0.6 is 11.8 Å². The van der Waals surface area contributed by atoms with Crippen LogP contribution in [0, 0.1) is 12.8 Å². The maximum absolute atomic E-state index is 5.85. The van der Waals surface area contributed by atoms with Gasteiger partial charge in [0.15, 0.2) is 0 Å². The molecule has 0 aliphatic carbocycles. The van der Waals surface area contributed by atoms with Crippen LogP contribution in [-0.2, 0) is 0 Å². The van der Waals surface area contributed by atoms with Crippen LogP contribution in [0.15, 0.2) is 24.3 Å². The van der Waals surface area contributed by atoms with Crippen molar-refractivity contribution in [2.24, 2.45) is 11.7 Å². The smallest absolute Gasteiger partial charge is 0.0419 e. The summed E-state index contributed by atoms with van der Waals surface area (Å²) >= 11 is 1.99. The highest BCUT2D eigenvalue weighted by atomic mass is 32.2. The van der Waals surface area contributed by atoms with Gasteiger partial charge in [-0.3, -0.25) is 0 Å². The Morgan fingerprint density at radius 3 is 2.38 bits per heavy atom. The minimum Gasteiger partial charge on any atom is -0.329 e. The number of hydrogen-bond donors (Lipinski definition) is 1. The quantitative estimate of drug-likeness (QED) is 0.815. The fourth-order valence-corrected chi connectivity index (χ4v) is 2.76. The van der Waals surface area contributed by atoms with E-state index in [0.717, 1.165) is 12.5 Å². The third-order valence-electron chi connectivity index (χ3n) is 2.94. The monoisotopic (exact) mass is 237 g/mol. The van der Waals surface area contributed by atoms with E-state index in [4.69, 9.17) is 5.73 Å². The third-order valence-corrected chi connectivity index (χ3v) is 4.57. The maximum Gasteiger partial charge on any atom is 0.0419 e. The van der Waals surface area contributed by atoms with Crippen LogP contribution in [0.25, 0.3) is 0 Å². The highest BCUT2D eigenvalue weighted by Crippen LogP contribution is 2.29. The number of nitrogens with two attached hydrogens (primary N) is 1. The molecule has 0 fully saturated rings. The second kappa shape index (κ2) is 6.97. The van der Waals surface area contributed by atoms with E-state index in [1.165, 1.54) is 23.3 Å². The molecule has 1 aromatic rings. The molecule has 0 aliphatic heterocycles. The van der Waals surface area contributed by atoms with E-state index >= 15 is 0 Å². The van der Waals surface area contributed by atoms with Crippen LogP contribution in [0.4, 0.5) is 0 Å². The summed E-state index contributed by atoms with van der Waals surface area (Å²) in [5.74, 6) is 1.98. The first-order chi connectivity index (χ1) is 7.67. The van der Waals surface area contributed by atoms with Crippen molar-refractivity contribution in [1.82, 2.24) is 0 Å². The molecule has 0 saturated carbocycles. The Morgan fingerprint density at radius 2 is 1.88 bits per heavy atom. The van der Waals surface area contributed by atoms with E-state index in [0.29, 0.717) is 5.25 Å². The Labute approximate surface area is 104 Å². The highest BCUT2D eigenvalue weighted by molar-refractivity contribution is 7.99. The third kappa shape index (κ3) is 4.18. The Balaban J connectivity index is 2.57. The van der Waals surface area contributed by atoms with Crippen LogP contribution < -0.4 is 5.73 Å². The van der Waals surface area contributed by atoms with Gasteiger partial charge in [0.25, 0.3) is 0 Å². The molecule has 0 aliphatic rings. The van der Waals surface area contributed by atoms with Crippen molar-refractivity contribution in [3.8, 4) is 0 Å². The lowest BCUT2D eigenvalue weighted by molar-refractivity contribution is 0.635. The van der Waals surface area contributed by atoms with Crippen LogP contribution in [0.1, 0.15) is 36.6 Å². The summed E-state index contributed by atoms with van der Waals surface area (Å²) in [6, 6.07) is 8.75. The zero-order valence-corrected chi connectivity index (χ0v) is 11.4. The highest BCUT2D eigenvalue weighted by Gasteiger charge is 2.11. The van der Waals surface area contributed by atoms with Gasteiger partial charge in [-0.2, -0.15) is 11.8 Å². The summed E-state index contributed by atoms with van der Waals surface area (Å²) < 4.78 is 0. The fourth-order valence-electron chi connectivity index (χ4n) is 1.48. The molecule has 2 N–H and O–H groups in total. The molecular weight excluding hydrogens is 214 g/mol. The Morgan fingerprint density at radius 1 is 1.25 bits per heavy atom. The van der Waals surface area contributed by atoms with Gasteiger partial charge in [0.05, 0.1) is 0 Å². The molecule has 2 unspecified atom stereocenters. The summed E-state index contributed by atoms with van der Waals surface area (Å²) in [7, 11) is 0. The molecule has 2 heteroatoms. The first-order valence-corrected chi connectivity index (χ1v) is 7.10. The maximum atomic E-state index is 5.85. The lowest BCUT2D eigenvalue weighted by Crippen LogP contribution is -2.11. The van der Waals surface area contributed by atoms with Gasteiger partial charge in [-0.25, -0.2) is 0 Å². The molecule has 0 radical (unpaired) electrons. The zero-order valence-electron chi connectivity index (χ0n) is 10.6. The Bertz CT molecular complexity index is 294. The van der Waals surface area contributed by atoms with Crippen molar-refractivity contribution < 1.29 is 0 Å². The topological polar surface area (TPSA) is 26.0 Å². The van der Waals surface area contributed by atoms with Gasteiger partial charge in [-0.15, -0.1) is 0 Å². The molecule has 0 bridgehead atoms. The minimum atomic E-state index is 0.453. The van der Waals surface area contributed by atoms with Crippen molar-refractivity contribution in [3.63, 3.8) is 0 Å². The normalized spacial score (nSPS) is 14.8. The van der Waals surface area contributed by atoms with Crippen LogP contribution in [0.3, 0.4) is 0 Å². The Kier molecular flexibility index (Phi) is 5.93. The lowest BCUT2D eigenvalue weighted by Gasteiger charge is -2.17. The summed E-state index contributed by atoms with van der Waals surface area (Å²) in [4.78, 5) is 0. The molecule has 0 amide bonds. The van der Waals surface area contributed by atoms with Crippen molar-refractivity contribution in [2.75, 3.05) is 12.3 Å². The van der Waals surface area contributed by atoms with Gasteiger partial charge in [-0.05, 0) is 24.2 Å². The second-order valence-electron chi connectivity index (χ2n) is 4.48. The summed E-state index contributed by atoms with van der Waals surface area (Å²) in [6.07, 6.45) is 1.25. The van der Waals surface area contributed by atoms with E-state index in [9.17, 15) is 0 Å². The Hall–Kier alpha value is -0.470. The predicted molar refractivity (Wildman–Crippen MR) is 74.9 cm³/mol. The van der Waals surface area contributed by atoms with Crippen molar-refractivity contribution >= 4 is 11.8 Å². The average molecular weight is 237 g/mol. The van der Waals surface area contributed by atoms with Crippen molar-refractivity contribution in [2.45, 2.75) is 32.4 Å². The van der Waals surface area contributed by atoms with Crippen molar-refractivity contribution in [3.05, 3.63) is 35.4 Å². The molecule has 16 heavy (non-hydrogen) atoms. The molecule has 90 valence electrons. The van der Waals surface area contributed by atoms with Gasteiger partial charge in [-0.1, -0.05) is 50.1 Å². The molecule has 1 rings (SSSR count). The van der Waals surface area contributed by atoms with Gasteiger partial charge >= 0.3 is 0 Å². The molecule has 0 spiro atoms. The van der Waals surface area contributed by atoms with Crippen LogP contribution in [0.2, 0.25) is 0 Å². The number of hydrogen-bond acceptors (Lipinski definition) is 2. The van der Waals surface area contributed by atoms with Crippen LogP contribution in [0.5, 0.6) is 0 Å². The summed E-state index contributed by atoms with van der Waals surface area (Å²) in [5.41, 5.74) is 8.52. The van der Waals surface area contributed by atoms with Gasteiger partial charge < -0.3 is 5.73 Å². The van der Waals surface area contributed by atoms with E-state index in [1.54, 1.807) is 0 Å². The second-order valence-corrected chi connectivity index (χ2v) is 5.72. The van der Waals surface area contributed by atoms with Crippen LogP contribution in [-0.4, -0.2) is 12.3 Å². The largest absolute Gasteiger partial charge is 0.329 e. The molecule has 0 saturated heterocycles. The molecule has 0 aromatic heterocycles. The van der Waals surface area contributed by atoms with E-state index in [2.05, 4.69) is 45.0 Å². The first kappa shape index (κ1) is 13.6. The standard InChI is InChI=1S/C14H23NS/c1-4-11(2)10-16-14(9-15)13-7-5-12(3)6-8-13/h5-8,11,14H,4,9-10,15H2,1-3H3. The number of benzene rings is 1. The van der Waals surface area contributed by atoms with E-state index < -0.39 is 0 Å². The average Bonchev–Trinajstić information content (AvgIpc) is 2.31. The van der Waals surface area contributed by atoms with E-state index in [-0.39, 0.29) is 0 Å². The predicted octanol–water partition coefficient (Wildman–Crippen LogP) is 3.77. The van der Waals surface area contributed by atoms with Gasteiger partial charge in [0.2, 0.25) is 0 Å². The minimum absolute atomic E-state index is 0.453. The SMILES string of the molecule is CCC(C)CSC(CN)c1ccc(C)cc1.